The highest BCUT2D eigenvalue weighted by atomic mass is 32.1. The number of thiophene rings is 1. The molecule has 2 N–H and O–H groups in total. The van der Waals surface area contributed by atoms with Crippen molar-refractivity contribution in [1.82, 2.24) is 25.4 Å². The third kappa shape index (κ3) is 4.81. The summed E-state index contributed by atoms with van der Waals surface area (Å²) in [5.41, 5.74) is 5.89. The van der Waals surface area contributed by atoms with Crippen LogP contribution in [-0.4, -0.2) is 43.5 Å². The van der Waals surface area contributed by atoms with Crippen LogP contribution >= 0.6 is 11.3 Å². The van der Waals surface area contributed by atoms with E-state index in [4.69, 9.17) is 9.40 Å². The van der Waals surface area contributed by atoms with Gasteiger partial charge in [-0.1, -0.05) is 36.4 Å². The molecule has 5 heterocycles. The second-order valence-corrected chi connectivity index (χ2v) is 13.1. The number of aryl methyl sites for hydroxylation is 3. The van der Waals surface area contributed by atoms with Crippen molar-refractivity contribution >= 4 is 23.2 Å². The largest absolute Gasteiger partial charge is 0.421 e. The van der Waals surface area contributed by atoms with E-state index in [1.54, 1.807) is 25.1 Å². The van der Waals surface area contributed by atoms with Crippen LogP contribution in [0, 0.1) is 12.7 Å². The summed E-state index contributed by atoms with van der Waals surface area (Å²) >= 11 is 1.29. The normalized spacial score (nSPS) is 19.8. The predicted molar refractivity (Wildman–Crippen MR) is 169 cm³/mol. The van der Waals surface area contributed by atoms with Gasteiger partial charge in [0.05, 0.1) is 45.6 Å². The van der Waals surface area contributed by atoms with Gasteiger partial charge >= 0.3 is 0 Å². The van der Waals surface area contributed by atoms with Crippen LogP contribution in [0.4, 0.5) is 4.39 Å². The summed E-state index contributed by atoms with van der Waals surface area (Å²) in [5, 5.41) is 22.1. The summed E-state index contributed by atoms with van der Waals surface area (Å²) in [7, 11) is 0. The minimum atomic E-state index is -0.631. The van der Waals surface area contributed by atoms with Crippen molar-refractivity contribution in [3.05, 3.63) is 111 Å². The Morgan fingerprint density at radius 3 is 2.63 bits per heavy atom. The molecule has 0 unspecified atom stereocenters. The molecule has 3 atom stereocenters. The number of carbonyl (C=O) groups excluding carboxylic acids is 2. The number of aliphatic hydroxyl groups excluding tert-OH is 1. The van der Waals surface area contributed by atoms with Gasteiger partial charge in [0.25, 0.3) is 11.8 Å². The fraction of sp³-hybridized carbons (Fsp3) is 0.286. The van der Waals surface area contributed by atoms with Crippen molar-refractivity contribution in [2.45, 2.75) is 57.2 Å². The Bertz CT molecular complexity index is 2000. The van der Waals surface area contributed by atoms with E-state index in [0.717, 1.165) is 40.1 Å². The van der Waals surface area contributed by atoms with E-state index in [1.165, 1.54) is 23.5 Å². The van der Waals surface area contributed by atoms with E-state index >= 15 is 0 Å². The molecule has 0 radical (unpaired) electrons. The summed E-state index contributed by atoms with van der Waals surface area (Å²) in [6, 6.07) is 17.2. The van der Waals surface area contributed by atoms with Crippen LogP contribution in [0.5, 0.6) is 0 Å². The Hall–Kier alpha value is -4.74. The molecule has 9 nitrogen and oxygen atoms in total. The van der Waals surface area contributed by atoms with Gasteiger partial charge in [0.15, 0.2) is 0 Å². The number of aliphatic hydroxyl groups is 1. The minimum Gasteiger partial charge on any atom is -0.421 e. The summed E-state index contributed by atoms with van der Waals surface area (Å²) in [5.74, 6) is -0.00155. The van der Waals surface area contributed by atoms with Gasteiger partial charge in [0.1, 0.15) is 5.82 Å². The monoisotopic (exact) mass is 635 g/mol. The van der Waals surface area contributed by atoms with E-state index in [0.29, 0.717) is 59.0 Å². The number of hydrogen-bond donors (Lipinski definition) is 2. The van der Waals surface area contributed by atoms with Crippen LogP contribution in [0.3, 0.4) is 0 Å². The van der Waals surface area contributed by atoms with Crippen LogP contribution in [0.2, 0.25) is 0 Å². The molecule has 0 saturated carbocycles. The molecule has 1 aliphatic carbocycles. The van der Waals surface area contributed by atoms with Gasteiger partial charge < -0.3 is 19.7 Å². The van der Waals surface area contributed by atoms with Gasteiger partial charge in [-0.05, 0) is 66.6 Å². The quantitative estimate of drug-likeness (QED) is 0.216. The molecule has 1 saturated heterocycles. The first-order chi connectivity index (χ1) is 22.4. The van der Waals surface area contributed by atoms with E-state index in [-0.39, 0.29) is 35.6 Å². The maximum Gasteiger partial charge on any atom is 0.261 e. The number of nitrogens with one attached hydrogen (secondary N) is 1. The molecule has 5 aromatic rings. The number of benzene rings is 2. The molecule has 1 fully saturated rings. The number of halogens is 1. The molecule has 3 aliphatic rings. The van der Waals surface area contributed by atoms with E-state index < -0.39 is 6.10 Å². The zero-order chi connectivity index (χ0) is 31.5. The second kappa shape index (κ2) is 11.3. The highest BCUT2D eigenvalue weighted by molar-refractivity contribution is 7.17. The number of fused-ring (bicyclic) bond motifs is 4. The fourth-order valence-electron chi connectivity index (χ4n) is 7.09. The molecule has 11 heteroatoms. The number of nitrogens with zero attached hydrogens (tertiary/aromatic N) is 4. The van der Waals surface area contributed by atoms with Crippen molar-refractivity contribution in [2.75, 3.05) is 6.54 Å². The van der Waals surface area contributed by atoms with E-state index in [9.17, 15) is 19.1 Å². The number of amides is 2. The fourth-order valence-corrected chi connectivity index (χ4v) is 8.06. The molecule has 2 aliphatic heterocycles. The van der Waals surface area contributed by atoms with Crippen LogP contribution in [0.1, 0.15) is 91.4 Å². The van der Waals surface area contributed by atoms with Crippen molar-refractivity contribution in [1.29, 1.82) is 0 Å². The number of pyridine rings is 1. The molecule has 8 rings (SSSR count). The Kier molecular flexibility index (Phi) is 7.02. The number of carbonyl (C=O) groups is 2. The average molecular weight is 636 g/mol. The molecule has 2 aromatic carbocycles. The molecule has 0 bridgehead atoms. The minimum absolute atomic E-state index is 0.0847. The maximum atomic E-state index is 14.0. The lowest BCUT2D eigenvalue weighted by Crippen LogP contribution is -2.26. The molecule has 2 amide bonds. The highest BCUT2D eigenvalue weighted by Crippen LogP contribution is 2.49. The second-order valence-electron chi connectivity index (χ2n) is 12.0. The standard InChI is InChI=1S/C35H30FN5O4S/c1-18-39-40-34(45-18)29-23(13-10-19-8-11-20(36)12-9-19)37-32-25-7-4-16-41(25)35(44)31(32)30(29)27-14-15-28(46-27)33(43)38-24-17-26(42)22-6-3-2-5-21(22)24/h2-3,5-6,8-9,11-12,14-15,24-26,42H,4,7,10,13,16-17H2,1H3,(H,38,43)/t24-,25+,26+/m0/s1. The third-order valence-corrected chi connectivity index (χ3v) is 10.3. The van der Waals surface area contributed by atoms with Gasteiger partial charge in [0.2, 0.25) is 11.8 Å². The number of rotatable bonds is 7. The van der Waals surface area contributed by atoms with Crippen LogP contribution in [0.25, 0.3) is 21.9 Å². The molecule has 46 heavy (non-hydrogen) atoms. The van der Waals surface area contributed by atoms with Crippen LogP contribution in [0.15, 0.2) is 65.1 Å². The Morgan fingerprint density at radius 1 is 1.04 bits per heavy atom. The van der Waals surface area contributed by atoms with E-state index in [2.05, 4.69) is 15.5 Å². The van der Waals surface area contributed by atoms with Crippen molar-refractivity contribution in [2.24, 2.45) is 0 Å². The van der Waals surface area contributed by atoms with E-state index in [1.807, 2.05) is 35.2 Å². The molecular formula is C35H30FN5O4S. The third-order valence-electron chi connectivity index (χ3n) is 9.22. The zero-order valence-electron chi connectivity index (χ0n) is 25.0. The lowest BCUT2D eigenvalue weighted by atomic mass is 9.93. The highest BCUT2D eigenvalue weighted by Gasteiger charge is 2.45. The first kappa shape index (κ1) is 28.7. The number of aromatic nitrogens is 3. The Balaban J connectivity index is 1.22. The van der Waals surface area contributed by atoms with Gasteiger partial charge in [0, 0.05) is 30.3 Å². The molecule has 232 valence electrons. The van der Waals surface area contributed by atoms with Crippen LogP contribution in [-0.2, 0) is 12.8 Å². The first-order valence-electron chi connectivity index (χ1n) is 15.5. The Labute approximate surface area is 268 Å². The lowest BCUT2D eigenvalue weighted by Gasteiger charge is -2.16. The van der Waals surface area contributed by atoms with Gasteiger partial charge in [-0.2, -0.15) is 0 Å². The van der Waals surface area contributed by atoms with Gasteiger partial charge in [-0.25, -0.2) is 4.39 Å². The molecule has 3 aromatic heterocycles. The molecular weight excluding hydrogens is 605 g/mol. The molecule has 0 spiro atoms. The van der Waals surface area contributed by atoms with Crippen molar-refractivity contribution in [3.8, 4) is 21.9 Å². The van der Waals surface area contributed by atoms with Crippen molar-refractivity contribution < 1.29 is 23.5 Å². The van der Waals surface area contributed by atoms with Crippen LogP contribution < -0.4 is 5.32 Å². The summed E-state index contributed by atoms with van der Waals surface area (Å²) in [6.45, 7) is 2.37. The zero-order valence-corrected chi connectivity index (χ0v) is 25.8. The average Bonchev–Trinajstić information content (AvgIpc) is 3.89. The predicted octanol–water partition coefficient (Wildman–Crippen LogP) is 6.29. The maximum absolute atomic E-state index is 14.0. The summed E-state index contributed by atoms with van der Waals surface area (Å²) in [6.07, 6.45) is 2.59. The van der Waals surface area contributed by atoms with Gasteiger partial charge in [-0.15, -0.1) is 21.5 Å². The summed E-state index contributed by atoms with van der Waals surface area (Å²) in [4.78, 5) is 35.8. The SMILES string of the molecule is Cc1nnc(-c2c(CCc3ccc(F)cc3)nc3c(c2-c2ccc(C(=O)N[C@H]4C[C@@H](O)c5ccccc54)s2)C(=O)N2CCC[C@H]32)o1. The Morgan fingerprint density at radius 2 is 1.85 bits per heavy atom. The topological polar surface area (TPSA) is 121 Å². The smallest absolute Gasteiger partial charge is 0.261 e. The number of hydrogen-bond acceptors (Lipinski definition) is 8. The summed E-state index contributed by atoms with van der Waals surface area (Å²) < 4.78 is 19.6. The first-order valence-corrected chi connectivity index (χ1v) is 16.3. The van der Waals surface area contributed by atoms with Gasteiger partial charge in [-0.3, -0.25) is 14.6 Å². The lowest BCUT2D eigenvalue weighted by molar-refractivity contribution is 0.0775. The van der Waals surface area contributed by atoms with Crippen molar-refractivity contribution in [3.63, 3.8) is 0 Å².